The molecule has 3 nitrogen and oxygen atoms in total. The van der Waals surface area contributed by atoms with E-state index in [1.54, 1.807) is 0 Å². The van der Waals surface area contributed by atoms with E-state index in [0.29, 0.717) is 10.8 Å². The van der Waals surface area contributed by atoms with E-state index in [-0.39, 0.29) is 0 Å². The monoisotopic (exact) mass is 291 g/mol. The third kappa shape index (κ3) is 4.32. The molecule has 1 N–H and O–H groups in total. The van der Waals surface area contributed by atoms with Crippen LogP contribution < -0.4 is 5.32 Å². The van der Waals surface area contributed by atoms with Crippen molar-refractivity contribution in [1.29, 1.82) is 0 Å². The Morgan fingerprint density at radius 3 is 2.48 bits per heavy atom. The first-order chi connectivity index (χ1) is 9.85. The quantitative estimate of drug-likeness (QED) is 0.894. The van der Waals surface area contributed by atoms with E-state index < -0.39 is 0 Å². The molecular weight excluding hydrogens is 258 g/mol. The lowest BCUT2D eigenvalue weighted by Gasteiger charge is -2.44. The van der Waals surface area contributed by atoms with Crippen LogP contribution in [-0.2, 0) is 13.5 Å². The zero-order chi connectivity index (χ0) is 15.5. The van der Waals surface area contributed by atoms with Crippen LogP contribution in [0.4, 0.5) is 0 Å². The van der Waals surface area contributed by atoms with Crippen molar-refractivity contribution < 1.29 is 0 Å². The zero-order valence-corrected chi connectivity index (χ0v) is 14.6. The molecular formula is C18H33N3. The fourth-order valence-electron chi connectivity index (χ4n) is 3.84. The Bertz CT molecular complexity index is 434. The van der Waals surface area contributed by atoms with Gasteiger partial charge in [0.25, 0.3) is 0 Å². The summed E-state index contributed by atoms with van der Waals surface area (Å²) in [7, 11) is 2.01. The summed E-state index contributed by atoms with van der Waals surface area (Å²) in [5.74, 6) is 0.871. The molecule has 21 heavy (non-hydrogen) atoms. The molecule has 1 aliphatic rings. The van der Waals surface area contributed by atoms with Gasteiger partial charge in [-0.1, -0.05) is 27.7 Å². The Hall–Kier alpha value is -0.830. The molecule has 3 heteroatoms. The largest absolute Gasteiger partial charge is 0.316 e. The predicted octanol–water partition coefficient (Wildman–Crippen LogP) is 3.79. The summed E-state index contributed by atoms with van der Waals surface area (Å²) in [6.45, 7) is 11.6. The lowest BCUT2D eigenvalue weighted by atomic mass is 9.62. The Morgan fingerprint density at radius 1 is 1.33 bits per heavy atom. The molecule has 0 atom stereocenters. The van der Waals surface area contributed by atoms with Crippen LogP contribution in [0, 0.1) is 16.7 Å². The number of rotatable bonds is 5. The SMILES string of the molecule is CCNCC1(Cc2ccn(C)n2)CCC(C(C)(C)C)CC1. The summed E-state index contributed by atoms with van der Waals surface area (Å²) in [6, 6.07) is 2.18. The number of aromatic nitrogens is 2. The van der Waals surface area contributed by atoms with Gasteiger partial charge in [-0.05, 0) is 61.5 Å². The molecule has 2 rings (SSSR count). The van der Waals surface area contributed by atoms with Gasteiger partial charge < -0.3 is 5.32 Å². The van der Waals surface area contributed by atoms with Gasteiger partial charge in [0.05, 0.1) is 5.69 Å². The smallest absolute Gasteiger partial charge is 0.0630 e. The average molecular weight is 291 g/mol. The maximum Gasteiger partial charge on any atom is 0.0630 e. The van der Waals surface area contributed by atoms with Gasteiger partial charge >= 0.3 is 0 Å². The van der Waals surface area contributed by atoms with Crippen molar-refractivity contribution in [3.05, 3.63) is 18.0 Å². The molecule has 1 heterocycles. The zero-order valence-electron chi connectivity index (χ0n) is 14.6. The maximum absolute atomic E-state index is 4.61. The molecule has 1 fully saturated rings. The molecule has 0 unspecified atom stereocenters. The Labute approximate surface area is 130 Å². The second-order valence-corrected chi connectivity index (χ2v) is 8.08. The third-order valence-corrected chi connectivity index (χ3v) is 5.35. The molecule has 120 valence electrons. The van der Waals surface area contributed by atoms with Crippen LogP contribution in [0.25, 0.3) is 0 Å². The van der Waals surface area contributed by atoms with Gasteiger partial charge in [-0.25, -0.2) is 0 Å². The van der Waals surface area contributed by atoms with Crippen molar-refractivity contribution in [2.75, 3.05) is 13.1 Å². The molecule has 0 radical (unpaired) electrons. The van der Waals surface area contributed by atoms with Gasteiger partial charge in [-0.3, -0.25) is 4.68 Å². The first-order valence-corrected chi connectivity index (χ1v) is 8.54. The molecule has 1 saturated carbocycles. The van der Waals surface area contributed by atoms with Crippen molar-refractivity contribution in [3.8, 4) is 0 Å². The number of nitrogens with one attached hydrogen (secondary N) is 1. The van der Waals surface area contributed by atoms with Crippen molar-refractivity contribution in [2.24, 2.45) is 23.8 Å². The summed E-state index contributed by atoms with van der Waals surface area (Å²) >= 11 is 0. The molecule has 0 saturated heterocycles. The normalized spacial score (nSPS) is 27.0. The summed E-state index contributed by atoms with van der Waals surface area (Å²) in [4.78, 5) is 0. The van der Waals surface area contributed by atoms with Gasteiger partial charge in [0, 0.05) is 19.8 Å². The van der Waals surface area contributed by atoms with Crippen molar-refractivity contribution >= 4 is 0 Å². The van der Waals surface area contributed by atoms with E-state index in [9.17, 15) is 0 Å². The number of aryl methyl sites for hydroxylation is 1. The van der Waals surface area contributed by atoms with Gasteiger partial charge in [0.15, 0.2) is 0 Å². The summed E-state index contributed by atoms with van der Waals surface area (Å²) in [5, 5.41) is 8.22. The standard InChI is InChI=1S/C18H33N3/c1-6-19-14-18(13-16-9-12-21(5)20-16)10-7-15(8-11-18)17(2,3)4/h9,12,15,19H,6-8,10-11,13-14H2,1-5H3. The van der Waals surface area contributed by atoms with Gasteiger partial charge in [-0.2, -0.15) is 5.10 Å². The maximum atomic E-state index is 4.61. The highest BCUT2D eigenvalue weighted by atomic mass is 15.2. The molecule has 0 bridgehead atoms. The van der Waals surface area contributed by atoms with Crippen LogP contribution in [0.15, 0.2) is 12.3 Å². The van der Waals surface area contributed by atoms with E-state index in [1.807, 2.05) is 11.7 Å². The first kappa shape index (κ1) is 16.5. The topological polar surface area (TPSA) is 29.9 Å². The second kappa shape index (κ2) is 6.51. The van der Waals surface area contributed by atoms with E-state index in [0.717, 1.165) is 25.4 Å². The third-order valence-electron chi connectivity index (χ3n) is 5.35. The van der Waals surface area contributed by atoms with Crippen molar-refractivity contribution in [2.45, 2.75) is 59.8 Å². The van der Waals surface area contributed by atoms with E-state index in [4.69, 9.17) is 0 Å². The van der Waals surface area contributed by atoms with Crippen molar-refractivity contribution in [1.82, 2.24) is 15.1 Å². The Morgan fingerprint density at radius 2 is 2.00 bits per heavy atom. The lowest BCUT2D eigenvalue weighted by Crippen LogP contribution is -2.41. The first-order valence-electron chi connectivity index (χ1n) is 8.54. The Balaban J connectivity index is 2.05. The minimum absolute atomic E-state index is 0.409. The molecule has 1 aromatic rings. The Kier molecular flexibility index (Phi) is 5.13. The van der Waals surface area contributed by atoms with Crippen LogP contribution >= 0.6 is 0 Å². The van der Waals surface area contributed by atoms with E-state index in [1.165, 1.54) is 31.4 Å². The molecule has 0 aliphatic heterocycles. The molecule has 0 spiro atoms. The van der Waals surface area contributed by atoms with Crippen LogP contribution in [-0.4, -0.2) is 22.9 Å². The highest BCUT2D eigenvalue weighted by molar-refractivity contribution is 5.05. The summed E-state index contributed by atoms with van der Waals surface area (Å²) < 4.78 is 1.93. The summed E-state index contributed by atoms with van der Waals surface area (Å²) in [5.41, 5.74) is 2.12. The number of hydrogen-bond donors (Lipinski definition) is 1. The van der Waals surface area contributed by atoms with Crippen molar-refractivity contribution in [3.63, 3.8) is 0 Å². The lowest BCUT2D eigenvalue weighted by molar-refractivity contribution is 0.0858. The fraction of sp³-hybridized carbons (Fsp3) is 0.833. The van der Waals surface area contributed by atoms with Crippen LogP contribution in [0.1, 0.15) is 59.1 Å². The predicted molar refractivity (Wildman–Crippen MR) is 89.3 cm³/mol. The highest BCUT2D eigenvalue weighted by Gasteiger charge is 2.38. The molecule has 1 aliphatic carbocycles. The van der Waals surface area contributed by atoms with E-state index in [2.05, 4.69) is 50.4 Å². The highest BCUT2D eigenvalue weighted by Crippen LogP contribution is 2.46. The van der Waals surface area contributed by atoms with Crippen LogP contribution in [0.3, 0.4) is 0 Å². The van der Waals surface area contributed by atoms with Gasteiger partial charge in [0.2, 0.25) is 0 Å². The van der Waals surface area contributed by atoms with Gasteiger partial charge in [-0.15, -0.1) is 0 Å². The fourth-order valence-corrected chi connectivity index (χ4v) is 3.84. The summed E-state index contributed by atoms with van der Waals surface area (Å²) in [6.07, 6.45) is 8.58. The molecule has 0 amide bonds. The van der Waals surface area contributed by atoms with Crippen LogP contribution in [0.5, 0.6) is 0 Å². The van der Waals surface area contributed by atoms with Gasteiger partial charge in [0.1, 0.15) is 0 Å². The second-order valence-electron chi connectivity index (χ2n) is 8.08. The van der Waals surface area contributed by atoms with Crippen LogP contribution in [0.2, 0.25) is 0 Å². The number of nitrogens with zero attached hydrogens (tertiary/aromatic N) is 2. The van der Waals surface area contributed by atoms with E-state index >= 15 is 0 Å². The molecule has 1 aromatic heterocycles. The molecule has 0 aromatic carbocycles. The minimum Gasteiger partial charge on any atom is -0.316 e. The average Bonchev–Trinajstić information content (AvgIpc) is 2.81. The minimum atomic E-state index is 0.409. The number of hydrogen-bond acceptors (Lipinski definition) is 2.